The van der Waals surface area contributed by atoms with Crippen molar-refractivity contribution in [2.75, 3.05) is 5.75 Å². The topological polar surface area (TPSA) is 47.8 Å². The molecular weight excluding hydrogens is 385 g/mol. The molecule has 0 N–H and O–H groups in total. The third kappa shape index (κ3) is 4.27. The van der Waals surface area contributed by atoms with Gasteiger partial charge in [-0.2, -0.15) is 0 Å². The lowest BCUT2D eigenvalue weighted by molar-refractivity contribution is 0.102. The van der Waals surface area contributed by atoms with Crippen molar-refractivity contribution in [2.24, 2.45) is 0 Å². The van der Waals surface area contributed by atoms with Gasteiger partial charge < -0.3 is 0 Å². The Morgan fingerprint density at radius 3 is 2.45 bits per heavy atom. The second-order valence-corrected chi connectivity index (χ2v) is 7.51. The molecule has 0 aliphatic rings. The zero-order chi connectivity index (χ0) is 20.2. The van der Waals surface area contributed by atoms with Crippen molar-refractivity contribution in [1.29, 1.82) is 0 Å². The van der Waals surface area contributed by atoms with Crippen molar-refractivity contribution in [3.8, 4) is 17.1 Å². The van der Waals surface area contributed by atoms with Crippen LogP contribution in [0.5, 0.6) is 0 Å². The minimum absolute atomic E-state index is 0.0882. The lowest BCUT2D eigenvalue weighted by Gasteiger charge is -2.10. The Kier molecular flexibility index (Phi) is 5.53. The zero-order valence-corrected chi connectivity index (χ0v) is 16.6. The Bertz CT molecular complexity index is 1140. The van der Waals surface area contributed by atoms with E-state index >= 15 is 0 Å². The molecule has 0 radical (unpaired) electrons. The molecule has 3 aromatic carbocycles. The van der Waals surface area contributed by atoms with Gasteiger partial charge in [0, 0.05) is 16.8 Å². The summed E-state index contributed by atoms with van der Waals surface area (Å²) in [5.74, 6) is 0.455. The Morgan fingerprint density at radius 2 is 1.72 bits per heavy atom. The zero-order valence-electron chi connectivity index (χ0n) is 15.7. The molecule has 29 heavy (non-hydrogen) atoms. The maximum Gasteiger partial charge on any atom is 0.196 e. The molecule has 0 fully saturated rings. The fourth-order valence-electron chi connectivity index (χ4n) is 2.99. The molecule has 0 bridgehead atoms. The molecule has 0 spiro atoms. The number of hydrogen-bond acceptors (Lipinski definition) is 4. The van der Waals surface area contributed by atoms with E-state index in [4.69, 9.17) is 0 Å². The fourth-order valence-corrected chi connectivity index (χ4v) is 3.84. The van der Waals surface area contributed by atoms with E-state index in [9.17, 15) is 9.18 Å². The summed E-state index contributed by atoms with van der Waals surface area (Å²) in [7, 11) is 0. The number of thioether (sulfide) groups is 1. The van der Waals surface area contributed by atoms with E-state index in [1.807, 2.05) is 60.0 Å². The predicted molar refractivity (Wildman–Crippen MR) is 113 cm³/mol. The van der Waals surface area contributed by atoms with Gasteiger partial charge in [0.2, 0.25) is 0 Å². The number of ketones is 1. The molecule has 4 aromatic rings. The molecular formula is C23H18FN3OS. The summed E-state index contributed by atoms with van der Waals surface area (Å²) in [5.41, 5.74) is 3.48. The van der Waals surface area contributed by atoms with Crippen LogP contribution in [-0.4, -0.2) is 26.3 Å². The molecule has 4 rings (SSSR count). The van der Waals surface area contributed by atoms with Gasteiger partial charge in [-0.3, -0.25) is 9.36 Å². The maximum atomic E-state index is 13.1. The largest absolute Gasteiger partial charge is 0.293 e. The molecule has 0 saturated heterocycles. The van der Waals surface area contributed by atoms with Crippen LogP contribution in [0.3, 0.4) is 0 Å². The molecule has 144 valence electrons. The van der Waals surface area contributed by atoms with Crippen LogP contribution in [0.4, 0.5) is 4.39 Å². The number of carbonyl (C=O) groups is 1. The van der Waals surface area contributed by atoms with Crippen molar-refractivity contribution in [2.45, 2.75) is 12.1 Å². The Hall–Kier alpha value is -3.25. The van der Waals surface area contributed by atoms with E-state index in [2.05, 4.69) is 16.3 Å². The fraction of sp³-hybridized carbons (Fsp3) is 0.0870. The number of para-hydroxylation sites is 1. The van der Waals surface area contributed by atoms with Crippen LogP contribution in [0.1, 0.15) is 15.9 Å². The first-order chi connectivity index (χ1) is 14.1. The number of benzene rings is 3. The molecule has 0 amide bonds. The summed E-state index contributed by atoms with van der Waals surface area (Å²) >= 11 is 1.31. The Balaban J connectivity index is 1.66. The summed E-state index contributed by atoms with van der Waals surface area (Å²) < 4.78 is 15.1. The Morgan fingerprint density at radius 1 is 0.966 bits per heavy atom. The van der Waals surface area contributed by atoms with Crippen molar-refractivity contribution in [1.82, 2.24) is 14.8 Å². The lowest BCUT2D eigenvalue weighted by atomic mass is 10.1. The highest BCUT2D eigenvalue weighted by Crippen LogP contribution is 2.28. The second kappa shape index (κ2) is 8.41. The van der Waals surface area contributed by atoms with Crippen molar-refractivity contribution >= 4 is 17.5 Å². The van der Waals surface area contributed by atoms with Crippen LogP contribution in [0.15, 0.2) is 84.0 Å². The van der Waals surface area contributed by atoms with E-state index in [1.54, 1.807) is 0 Å². The number of rotatable bonds is 6. The van der Waals surface area contributed by atoms with Gasteiger partial charge in [-0.05, 0) is 49.4 Å². The van der Waals surface area contributed by atoms with E-state index in [0.717, 1.165) is 22.6 Å². The molecule has 4 nitrogen and oxygen atoms in total. The first kappa shape index (κ1) is 19.1. The van der Waals surface area contributed by atoms with Crippen molar-refractivity contribution in [3.05, 3.63) is 95.8 Å². The minimum atomic E-state index is -0.360. The quantitative estimate of drug-likeness (QED) is 0.321. The van der Waals surface area contributed by atoms with Crippen LogP contribution in [0.2, 0.25) is 0 Å². The second-order valence-electron chi connectivity index (χ2n) is 6.57. The molecule has 6 heteroatoms. The molecule has 1 aromatic heterocycles. The highest BCUT2D eigenvalue weighted by molar-refractivity contribution is 7.99. The maximum absolute atomic E-state index is 13.1. The molecule has 0 aliphatic heterocycles. The number of aromatic nitrogens is 3. The number of Topliss-reactive ketones (excluding diaryl/α,β-unsaturated/α-hetero) is 1. The van der Waals surface area contributed by atoms with Gasteiger partial charge in [0.05, 0.1) is 5.75 Å². The van der Waals surface area contributed by atoms with Crippen LogP contribution < -0.4 is 0 Å². The number of carbonyl (C=O) groups excluding carboxylic acids is 1. The lowest BCUT2D eigenvalue weighted by Crippen LogP contribution is -2.05. The number of aryl methyl sites for hydroxylation is 1. The van der Waals surface area contributed by atoms with Gasteiger partial charge in [0.25, 0.3) is 0 Å². The third-order valence-corrected chi connectivity index (χ3v) is 5.35. The summed E-state index contributed by atoms with van der Waals surface area (Å²) in [6, 6.07) is 23.5. The molecule has 0 saturated carbocycles. The van der Waals surface area contributed by atoms with Crippen molar-refractivity contribution < 1.29 is 9.18 Å². The van der Waals surface area contributed by atoms with Gasteiger partial charge in [0.1, 0.15) is 5.82 Å². The predicted octanol–water partition coefficient (Wildman–Crippen LogP) is 5.36. The summed E-state index contributed by atoms with van der Waals surface area (Å²) in [5, 5.41) is 9.37. The van der Waals surface area contributed by atoms with E-state index < -0.39 is 0 Å². The molecule has 0 aliphatic carbocycles. The van der Waals surface area contributed by atoms with E-state index in [0.29, 0.717) is 10.7 Å². The monoisotopic (exact) mass is 403 g/mol. The number of nitrogens with zero attached hydrogens (tertiary/aromatic N) is 3. The smallest absolute Gasteiger partial charge is 0.196 e. The van der Waals surface area contributed by atoms with Crippen LogP contribution in [-0.2, 0) is 0 Å². The normalized spacial score (nSPS) is 10.8. The first-order valence-corrected chi connectivity index (χ1v) is 10.1. The highest BCUT2D eigenvalue weighted by atomic mass is 32.2. The SMILES string of the molecule is Cc1cccc(-c2nnc(SCC(=O)c3ccc(F)cc3)n2-c2ccccc2)c1. The first-order valence-electron chi connectivity index (χ1n) is 9.11. The summed E-state index contributed by atoms with van der Waals surface area (Å²) in [4.78, 5) is 12.5. The number of halogens is 1. The Labute approximate surface area is 172 Å². The van der Waals surface area contributed by atoms with Gasteiger partial charge in [-0.15, -0.1) is 10.2 Å². The average Bonchev–Trinajstić information content (AvgIpc) is 3.17. The highest BCUT2D eigenvalue weighted by Gasteiger charge is 2.17. The van der Waals surface area contributed by atoms with Gasteiger partial charge in [-0.25, -0.2) is 4.39 Å². The molecule has 1 heterocycles. The number of hydrogen-bond donors (Lipinski definition) is 0. The standard InChI is InChI=1S/C23H18FN3OS/c1-16-6-5-7-18(14-16)22-25-26-23(27(22)20-8-3-2-4-9-20)29-15-21(28)17-10-12-19(24)13-11-17/h2-14H,15H2,1H3. The third-order valence-electron chi connectivity index (χ3n) is 4.42. The molecule has 0 unspecified atom stereocenters. The van der Waals surface area contributed by atoms with Crippen LogP contribution in [0, 0.1) is 12.7 Å². The minimum Gasteiger partial charge on any atom is -0.293 e. The molecule has 0 atom stereocenters. The summed E-state index contributed by atoms with van der Waals surface area (Å²) in [6.45, 7) is 2.03. The van der Waals surface area contributed by atoms with Gasteiger partial charge in [0.15, 0.2) is 16.8 Å². The average molecular weight is 403 g/mol. The van der Waals surface area contributed by atoms with E-state index in [1.165, 1.54) is 36.0 Å². The summed E-state index contributed by atoms with van der Waals surface area (Å²) in [6.07, 6.45) is 0. The van der Waals surface area contributed by atoms with Crippen LogP contribution >= 0.6 is 11.8 Å². The van der Waals surface area contributed by atoms with E-state index in [-0.39, 0.29) is 17.4 Å². The van der Waals surface area contributed by atoms with Crippen molar-refractivity contribution in [3.63, 3.8) is 0 Å². The van der Waals surface area contributed by atoms with Gasteiger partial charge >= 0.3 is 0 Å². The van der Waals surface area contributed by atoms with Gasteiger partial charge in [-0.1, -0.05) is 53.7 Å². The van der Waals surface area contributed by atoms with Crippen LogP contribution in [0.25, 0.3) is 17.1 Å².